The molecule has 0 radical (unpaired) electrons. The second-order valence-corrected chi connectivity index (χ2v) is 5.37. The van der Waals surface area contributed by atoms with Crippen LogP contribution in [0.2, 0.25) is 0 Å². The van der Waals surface area contributed by atoms with Gasteiger partial charge in [0, 0.05) is 16.7 Å². The van der Waals surface area contributed by atoms with Crippen molar-refractivity contribution in [2.75, 3.05) is 18.4 Å². The van der Waals surface area contributed by atoms with Gasteiger partial charge in [-0.1, -0.05) is 28.9 Å². The number of hydrogen-bond acceptors (Lipinski definition) is 3. The zero-order valence-electron chi connectivity index (χ0n) is 11.7. The monoisotopic (exact) mass is 341 g/mol. The fourth-order valence-electron chi connectivity index (χ4n) is 1.51. The summed E-state index contributed by atoms with van der Waals surface area (Å²) in [6.45, 7) is 4.46. The minimum absolute atomic E-state index is 0.0905. The van der Waals surface area contributed by atoms with Crippen molar-refractivity contribution in [3.05, 3.63) is 28.7 Å². The normalized spacial score (nSPS) is 11.8. The molecule has 1 aromatic carbocycles. The molecule has 0 bridgehead atoms. The summed E-state index contributed by atoms with van der Waals surface area (Å²) in [5, 5.41) is 8.42. The molecule has 1 atom stereocenters. The zero-order valence-corrected chi connectivity index (χ0v) is 13.3. The maximum atomic E-state index is 11.7. The molecule has 0 aliphatic rings. The molecule has 6 heteroatoms. The molecule has 1 rings (SSSR count). The first-order chi connectivity index (χ1) is 9.52. The molecular weight excluding hydrogens is 322 g/mol. The van der Waals surface area contributed by atoms with Crippen LogP contribution in [-0.2, 0) is 9.59 Å². The number of rotatable bonds is 7. The molecule has 0 saturated heterocycles. The van der Waals surface area contributed by atoms with Crippen molar-refractivity contribution in [1.82, 2.24) is 10.6 Å². The molecule has 0 aliphatic carbocycles. The van der Waals surface area contributed by atoms with Crippen LogP contribution in [0.4, 0.5) is 5.69 Å². The van der Waals surface area contributed by atoms with Gasteiger partial charge in [-0.25, -0.2) is 0 Å². The van der Waals surface area contributed by atoms with Gasteiger partial charge in [0.15, 0.2) is 0 Å². The third-order valence-corrected chi connectivity index (χ3v) is 3.11. The number of carbonyl (C=O) groups excluding carboxylic acids is 2. The Morgan fingerprint density at radius 1 is 1.35 bits per heavy atom. The Morgan fingerprint density at radius 3 is 2.75 bits per heavy atom. The summed E-state index contributed by atoms with van der Waals surface area (Å²) in [6, 6.07) is 6.95. The average Bonchev–Trinajstić information content (AvgIpc) is 2.42. The molecule has 1 aromatic rings. The number of nitrogens with one attached hydrogen (secondary N) is 3. The molecule has 0 aromatic heterocycles. The van der Waals surface area contributed by atoms with Crippen LogP contribution in [0, 0.1) is 0 Å². The highest BCUT2D eigenvalue weighted by atomic mass is 79.9. The van der Waals surface area contributed by atoms with E-state index in [9.17, 15) is 9.59 Å². The molecule has 0 fully saturated rings. The van der Waals surface area contributed by atoms with E-state index in [0.717, 1.165) is 10.9 Å². The fraction of sp³-hybridized carbons (Fsp3) is 0.429. The molecule has 5 nitrogen and oxygen atoms in total. The van der Waals surface area contributed by atoms with Crippen molar-refractivity contribution < 1.29 is 9.59 Å². The van der Waals surface area contributed by atoms with E-state index < -0.39 is 6.04 Å². The maximum Gasteiger partial charge on any atom is 0.238 e. The summed E-state index contributed by atoms with van der Waals surface area (Å²) in [5.41, 5.74) is 0.717. The lowest BCUT2D eigenvalue weighted by atomic mass is 10.3. The highest BCUT2D eigenvalue weighted by molar-refractivity contribution is 9.10. The molecule has 0 saturated carbocycles. The minimum atomic E-state index is -0.394. The van der Waals surface area contributed by atoms with E-state index in [4.69, 9.17) is 0 Å². The third kappa shape index (κ3) is 6.16. The highest BCUT2D eigenvalue weighted by Gasteiger charge is 2.12. The van der Waals surface area contributed by atoms with Crippen LogP contribution in [0.15, 0.2) is 28.7 Å². The number of halogens is 1. The Balaban J connectivity index is 2.34. The SMILES string of the molecule is CCCNC(=O)C(C)NCC(=O)Nc1cccc(Br)c1. The van der Waals surface area contributed by atoms with Gasteiger partial charge < -0.3 is 10.6 Å². The van der Waals surface area contributed by atoms with Gasteiger partial charge in [0.05, 0.1) is 12.6 Å². The predicted octanol–water partition coefficient (Wildman–Crippen LogP) is 1.89. The van der Waals surface area contributed by atoms with Crippen molar-refractivity contribution in [1.29, 1.82) is 0 Å². The van der Waals surface area contributed by atoms with E-state index in [1.807, 2.05) is 25.1 Å². The Labute approximate surface area is 127 Å². The number of anilines is 1. The summed E-state index contributed by atoms with van der Waals surface area (Å²) in [5.74, 6) is -0.277. The van der Waals surface area contributed by atoms with E-state index in [0.29, 0.717) is 12.2 Å². The largest absolute Gasteiger partial charge is 0.355 e. The van der Waals surface area contributed by atoms with Crippen LogP contribution < -0.4 is 16.0 Å². The lowest BCUT2D eigenvalue weighted by Gasteiger charge is -2.13. The first kappa shape index (κ1) is 16.7. The molecular formula is C14H20BrN3O2. The summed E-state index contributed by atoms with van der Waals surface area (Å²) in [4.78, 5) is 23.4. The lowest BCUT2D eigenvalue weighted by molar-refractivity contribution is -0.123. The quantitative estimate of drug-likeness (QED) is 0.709. The van der Waals surface area contributed by atoms with Crippen LogP contribution in [0.1, 0.15) is 20.3 Å². The zero-order chi connectivity index (χ0) is 15.0. The summed E-state index contributed by atoms with van der Waals surface area (Å²) >= 11 is 3.34. The summed E-state index contributed by atoms with van der Waals surface area (Å²) in [6.07, 6.45) is 0.891. The van der Waals surface area contributed by atoms with E-state index in [1.54, 1.807) is 13.0 Å². The predicted molar refractivity (Wildman–Crippen MR) is 83.5 cm³/mol. The van der Waals surface area contributed by atoms with Crippen molar-refractivity contribution in [2.45, 2.75) is 26.3 Å². The second kappa shape index (κ2) is 8.71. The molecule has 20 heavy (non-hydrogen) atoms. The highest BCUT2D eigenvalue weighted by Crippen LogP contribution is 2.15. The van der Waals surface area contributed by atoms with Crippen molar-refractivity contribution in [3.63, 3.8) is 0 Å². The Morgan fingerprint density at radius 2 is 2.10 bits per heavy atom. The van der Waals surface area contributed by atoms with Gasteiger partial charge in [0.1, 0.15) is 0 Å². The number of hydrogen-bond donors (Lipinski definition) is 3. The fourth-order valence-corrected chi connectivity index (χ4v) is 1.91. The first-order valence-electron chi connectivity index (χ1n) is 6.59. The standard InChI is InChI=1S/C14H20BrN3O2/c1-3-7-16-14(20)10(2)17-9-13(19)18-12-6-4-5-11(15)8-12/h4-6,8,10,17H,3,7,9H2,1-2H3,(H,16,20)(H,18,19). The molecule has 110 valence electrons. The number of carbonyl (C=O) groups is 2. The van der Waals surface area contributed by atoms with Crippen molar-refractivity contribution in [2.24, 2.45) is 0 Å². The summed E-state index contributed by atoms with van der Waals surface area (Å²) in [7, 11) is 0. The van der Waals surface area contributed by atoms with Gasteiger partial charge in [-0.05, 0) is 31.5 Å². The first-order valence-corrected chi connectivity index (χ1v) is 7.38. The van der Waals surface area contributed by atoms with Crippen LogP contribution in [0.5, 0.6) is 0 Å². The number of benzene rings is 1. The Kier molecular flexibility index (Phi) is 7.25. The maximum absolute atomic E-state index is 11.7. The van der Waals surface area contributed by atoms with Crippen LogP contribution in [0.3, 0.4) is 0 Å². The molecule has 1 unspecified atom stereocenters. The van der Waals surface area contributed by atoms with Gasteiger partial charge in [0.2, 0.25) is 11.8 Å². The average molecular weight is 342 g/mol. The summed E-state index contributed by atoms with van der Waals surface area (Å²) < 4.78 is 0.899. The Hall–Kier alpha value is -1.40. The van der Waals surface area contributed by atoms with E-state index in [2.05, 4.69) is 31.9 Å². The molecule has 3 N–H and O–H groups in total. The van der Waals surface area contributed by atoms with E-state index >= 15 is 0 Å². The third-order valence-electron chi connectivity index (χ3n) is 2.62. The molecule has 0 aliphatic heterocycles. The lowest BCUT2D eigenvalue weighted by Crippen LogP contribution is -2.45. The van der Waals surface area contributed by atoms with E-state index in [1.165, 1.54) is 0 Å². The van der Waals surface area contributed by atoms with Crippen LogP contribution >= 0.6 is 15.9 Å². The molecule has 2 amide bonds. The van der Waals surface area contributed by atoms with Crippen LogP contribution in [0.25, 0.3) is 0 Å². The minimum Gasteiger partial charge on any atom is -0.355 e. The van der Waals surface area contributed by atoms with Gasteiger partial charge in [-0.15, -0.1) is 0 Å². The second-order valence-electron chi connectivity index (χ2n) is 4.45. The molecule has 0 heterocycles. The van der Waals surface area contributed by atoms with Crippen LogP contribution in [-0.4, -0.2) is 30.9 Å². The topological polar surface area (TPSA) is 70.2 Å². The van der Waals surface area contributed by atoms with Crippen molar-refractivity contribution in [3.8, 4) is 0 Å². The van der Waals surface area contributed by atoms with Gasteiger partial charge in [-0.3, -0.25) is 14.9 Å². The molecule has 0 spiro atoms. The van der Waals surface area contributed by atoms with Gasteiger partial charge in [-0.2, -0.15) is 0 Å². The van der Waals surface area contributed by atoms with Crippen molar-refractivity contribution >= 4 is 33.4 Å². The van der Waals surface area contributed by atoms with Gasteiger partial charge in [0.25, 0.3) is 0 Å². The number of amides is 2. The smallest absolute Gasteiger partial charge is 0.238 e. The Bertz CT molecular complexity index is 465. The van der Waals surface area contributed by atoms with Gasteiger partial charge >= 0.3 is 0 Å². The van der Waals surface area contributed by atoms with E-state index in [-0.39, 0.29) is 18.4 Å².